The molecule has 1 heteroatoms. The van der Waals surface area contributed by atoms with Gasteiger partial charge in [0.05, 0.1) is 0 Å². The minimum absolute atomic E-state index is 0. The molecule has 0 radical (unpaired) electrons. The van der Waals surface area contributed by atoms with Crippen LogP contribution in [0.3, 0.4) is 0 Å². The summed E-state index contributed by atoms with van der Waals surface area (Å²) in [5.41, 5.74) is 0. The quantitative estimate of drug-likeness (QED) is 0.595. The largest absolute Gasteiger partial charge is 2.00 e. The van der Waals surface area contributed by atoms with Gasteiger partial charge in [0.15, 0.2) is 0 Å². The third-order valence-electron chi connectivity index (χ3n) is 2.13. The normalized spacial score (nSPS) is 21.8. The summed E-state index contributed by atoms with van der Waals surface area (Å²) in [5, 5.41) is 0. The van der Waals surface area contributed by atoms with E-state index >= 15 is 0 Å². The van der Waals surface area contributed by atoms with Gasteiger partial charge in [0, 0.05) is 0 Å². The molecule has 0 heterocycles. The van der Waals surface area contributed by atoms with Crippen LogP contribution >= 0.6 is 0 Å². The van der Waals surface area contributed by atoms with Crippen LogP contribution in [0.2, 0.25) is 0 Å². The van der Waals surface area contributed by atoms with Crippen LogP contribution in [0.25, 0.3) is 0 Å². The van der Waals surface area contributed by atoms with Gasteiger partial charge in [-0.15, -0.1) is 0 Å². The average molecular weight is 333 g/mol. The van der Waals surface area contributed by atoms with Gasteiger partial charge >= 0.3 is 21.1 Å². The van der Waals surface area contributed by atoms with Crippen LogP contribution in [-0.2, 0) is 21.1 Å². The molecule has 0 spiro atoms. The third-order valence-corrected chi connectivity index (χ3v) is 2.13. The fraction of sp³-hybridized carbons (Fsp3) is 0.800. The number of hydrogen-bond donors (Lipinski definition) is 0. The summed E-state index contributed by atoms with van der Waals surface area (Å²) >= 11 is 0. The molecule has 68 valence electrons. The van der Waals surface area contributed by atoms with Gasteiger partial charge in [-0.3, -0.25) is 0 Å². The maximum Gasteiger partial charge on any atom is 2.00 e. The molecule has 0 aromatic rings. The van der Waals surface area contributed by atoms with Gasteiger partial charge in [0.1, 0.15) is 0 Å². The van der Waals surface area contributed by atoms with E-state index in [4.69, 9.17) is 0 Å². The van der Waals surface area contributed by atoms with E-state index in [1.807, 2.05) is 0 Å². The van der Waals surface area contributed by atoms with Crippen molar-refractivity contribution in [3.63, 3.8) is 0 Å². The van der Waals surface area contributed by atoms with E-state index in [0.717, 1.165) is 0 Å². The molecule has 2 fully saturated rings. The molecule has 0 nitrogen and oxygen atoms in total. The molecule has 0 aliphatic heterocycles. The Kier molecular flexibility index (Phi) is 9.33. The Morgan fingerprint density at radius 3 is 0.909 bits per heavy atom. The van der Waals surface area contributed by atoms with Gasteiger partial charge in [-0.25, -0.2) is 0 Å². The third kappa shape index (κ3) is 7.06. The molecule has 2 rings (SSSR count). The zero-order valence-corrected chi connectivity index (χ0v) is 9.40. The molecular weight excluding hydrogens is 315 g/mol. The summed E-state index contributed by atoms with van der Waals surface area (Å²) in [7, 11) is 0. The predicted molar refractivity (Wildman–Crippen MR) is 45.5 cm³/mol. The van der Waals surface area contributed by atoms with Crippen molar-refractivity contribution in [3.05, 3.63) is 12.8 Å². The standard InChI is InChI=1S/2C5H9.Pt/c2*1-2-4-5-3-1;/h2*1H,2-5H2;/q2*-1;+2. The van der Waals surface area contributed by atoms with E-state index in [2.05, 4.69) is 12.8 Å². The summed E-state index contributed by atoms with van der Waals surface area (Å²) in [5.74, 6) is 0. The van der Waals surface area contributed by atoms with Gasteiger partial charge < -0.3 is 12.8 Å². The predicted octanol–water partition coefficient (Wildman–Crippen LogP) is 3.53. The first-order valence-electron chi connectivity index (χ1n) is 4.63. The van der Waals surface area contributed by atoms with E-state index in [-0.39, 0.29) is 21.1 Å². The minimum Gasteiger partial charge on any atom is -0.328 e. The Balaban J connectivity index is 0.000000167. The zero-order chi connectivity index (χ0) is 7.07. The first kappa shape index (κ1) is 11.7. The van der Waals surface area contributed by atoms with Crippen LogP contribution in [0.5, 0.6) is 0 Å². The summed E-state index contributed by atoms with van der Waals surface area (Å²) in [6.07, 6.45) is 16.0. The molecule has 2 aliphatic carbocycles. The van der Waals surface area contributed by atoms with E-state index < -0.39 is 0 Å². The molecule has 0 saturated heterocycles. The van der Waals surface area contributed by atoms with Crippen molar-refractivity contribution in [1.82, 2.24) is 0 Å². The second-order valence-corrected chi connectivity index (χ2v) is 3.15. The summed E-state index contributed by atoms with van der Waals surface area (Å²) in [6, 6.07) is 0. The molecule has 0 aromatic carbocycles. The van der Waals surface area contributed by atoms with Crippen molar-refractivity contribution in [2.45, 2.75) is 51.4 Å². The molecule has 0 bridgehead atoms. The topological polar surface area (TPSA) is 0 Å². The van der Waals surface area contributed by atoms with Crippen LogP contribution < -0.4 is 0 Å². The van der Waals surface area contributed by atoms with E-state index in [1.165, 1.54) is 51.4 Å². The van der Waals surface area contributed by atoms with Crippen molar-refractivity contribution >= 4 is 0 Å². The maximum absolute atomic E-state index is 2.36. The number of hydrogen-bond acceptors (Lipinski definition) is 0. The number of rotatable bonds is 0. The van der Waals surface area contributed by atoms with Crippen molar-refractivity contribution < 1.29 is 21.1 Å². The van der Waals surface area contributed by atoms with E-state index in [9.17, 15) is 0 Å². The SMILES string of the molecule is [CH-]1CCCC1.[CH-]1CCCC1.[Pt+2]. The second-order valence-electron chi connectivity index (χ2n) is 3.15. The monoisotopic (exact) mass is 333 g/mol. The molecule has 0 atom stereocenters. The smallest absolute Gasteiger partial charge is 0.328 e. The average Bonchev–Trinajstić information content (AvgIpc) is 2.67. The Morgan fingerprint density at radius 1 is 0.545 bits per heavy atom. The Labute approximate surface area is 85.4 Å². The molecule has 0 unspecified atom stereocenters. The minimum atomic E-state index is 0. The molecule has 0 aromatic heterocycles. The Morgan fingerprint density at radius 2 is 0.818 bits per heavy atom. The van der Waals surface area contributed by atoms with Crippen molar-refractivity contribution in [1.29, 1.82) is 0 Å². The van der Waals surface area contributed by atoms with Crippen LogP contribution in [-0.4, -0.2) is 0 Å². The molecule has 0 amide bonds. The Hall–Kier alpha value is 0.688. The van der Waals surface area contributed by atoms with Crippen molar-refractivity contribution in [2.24, 2.45) is 0 Å². The molecular formula is C10H18Pt. The van der Waals surface area contributed by atoms with Gasteiger partial charge in [-0.1, -0.05) is 25.7 Å². The molecule has 2 saturated carbocycles. The summed E-state index contributed by atoms with van der Waals surface area (Å²) < 4.78 is 0. The summed E-state index contributed by atoms with van der Waals surface area (Å²) in [6.45, 7) is 0. The molecule has 11 heavy (non-hydrogen) atoms. The van der Waals surface area contributed by atoms with Gasteiger partial charge in [0.2, 0.25) is 0 Å². The fourth-order valence-electron chi connectivity index (χ4n) is 1.44. The molecule has 0 N–H and O–H groups in total. The van der Waals surface area contributed by atoms with Crippen molar-refractivity contribution in [2.75, 3.05) is 0 Å². The fourth-order valence-corrected chi connectivity index (χ4v) is 1.44. The summed E-state index contributed by atoms with van der Waals surface area (Å²) in [4.78, 5) is 0. The first-order valence-corrected chi connectivity index (χ1v) is 4.63. The van der Waals surface area contributed by atoms with E-state index in [0.29, 0.717) is 0 Å². The van der Waals surface area contributed by atoms with E-state index in [1.54, 1.807) is 0 Å². The van der Waals surface area contributed by atoms with Gasteiger partial charge in [0.25, 0.3) is 0 Å². The van der Waals surface area contributed by atoms with Crippen LogP contribution in [0.4, 0.5) is 0 Å². The first-order chi connectivity index (χ1) is 5.00. The van der Waals surface area contributed by atoms with Crippen LogP contribution in [0.1, 0.15) is 51.4 Å². The zero-order valence-electron chi connectivity index (χ0n) is 7.13. The Bertz CT molecular complexity index is 38.1. The van der Waals surface area contributed by atoms with Gasteiger partial charge in [-0.05, 0) is 0 Å². The molecule has 2 aliphatic rings. The van der Waals surface area contributed by atoms with Gasteiger partial charge in [-0.2, -0.15) is 25.7 Å². The second kappa shape index (κ2) is 8.78. The van der Waals surface area contributed by atoms with Crippen molar-refractivity contribution in [3.8, 4) is 0 Å². The van der Waals surface area contributed by atoms with Crippen LogP contribution in [0.15, 0.2) is 0 Å². The maximum atomic E-state index is 2.36. The van der Waals surface area contributed by atoms with Crippen LogP contribution in [0, 0.1) is 12.8 Å².